The summed E-state index contributed by atoms with van der Waals surface area (Å²) in [5.74, 6) is 0.296. The Morgan fingerprint density at radius 3 is 2.74 bits per heavy atom. The zero-order valence-corrected chi connectivity index (χ0v) is 12.3. The normalized spacial score (nSPS) is 12.7. The van der Waals surface area contributed by atoms with Gasteiger partial charge in [-0.2, -0.15) is 0 Å². The van der Waals surface area contributed by atoms with Crippen molar-refractivity contribution >= 4 is 17.5 Å². The van der Waals surface area contributed by atoms with Crippen LogP contribution in [0.3, 0.4) is 0 Å². The van der Waals surface area contributed by atoms with Crippen molar-refractivity contribution in [2.75, 3.05) is 6.54 Å². The molecule has 0 aliphatic heterocycles. The third kappa shape index (κ3) is 5.61. The van der Waals surface area contributed by atoms with Crippen LogP contribution in [0.4, 0.5) is 0 Å². The molecular formula is C13H21ClN2O3. The molecule has 0 radical (unpaired) electrons. The van der Waals surface area contributed by atoms with E-state index in [1.54, 1.807) is 6.92 Å². The molecule has 1 rings (SSSR count). The largest absolute Gasteiger partial charge is 0.391 e. The first-order chi connectivity index (χ1) is 8.90. The van der Waals surface area contributed by atoms with E-state index in [4.69, 9.17) is 16.1 Å². The smallest absolute Gasteiger partial charge is 0.229 e. The van der Waals surface area contributed by atoms with Gasteiger partial charge in [-0.1, -0.05) is 19.0 Å². The maximum Gasteiger partial charge on any atom is 0.229 e. The second-order valence-corrected chi connectivity index (χ2v) is 5.45. The van der Waals surface area contributed by atoms with E-state index in [1.807, 2.05) is 13.8 Å². The van der Waals surface area contributed by atoms with Gasteiger partial charge < -0.3 is 14.9 Å². The summed E-state index contributed by atoms with van der Waals surface area (Å²) in [6.45, 7) is 6.13. The fraction of sp³-hybridized carbons (Fsp3) is 0.692. The highest BCUT2D eigenvalue weighted by atomic mass is 35.5. The van der Waals surface area contributed by atoms with Gasteiger partial charge in [-0.3, -0.25) is 4.79 Å². The van der Waals surface area contributed by atoms with Gasteiger partial charge in [0.1, 0.15) is 0 Å². The minimum Gasteiger partial charge on any atom is -0.391 e. The molecule has 1 amide bonds. The van der Waals surface area contributed by atoms with Crippen LogP contribution < -0.4 is 5.32 Å². The lowest BCUT2D eigenvalue weighted by atomic mass is 10.1. The number of carbonyl (C=O) groups is 1. The highest BCUT2D eigenvalue weighted by Crippen LogP contribution is 2.20. The van der Waals surface area contributed by atoms with Crippen LogP contribution in [0.2, 0.25) is 5.22 Å². The van der Waals surface area contributed by atoms with E-state index < -0.39 is 6.10 Å². The monoisotopic (exact) mass is 288 g/mol. The van der Waals surface area contributed by atoms with Gasteiger partial charge in [0, 0.05) is 18.5 Å². The number of aliphatic hydroxyl groups excluding tert-OH is 1. The molecule has 108 valence electrons. The second-order valence-electron chi connectivity index (χ2n) is 5.11. The Morgan fingerprint density at radius 1 is 1.53 bits per heavy atom. The number of aliphatic hydroxyl groups is 1. The molecular weight excluding hydrogens is 268 g/mol. The van der Waals surface area contributed by atoms with Crippen LogP contribution in [-0.4, -0.2) is 28.8 Å². The maximum absolute atomic E-state index is 11.6. The van der Waals surface area contributed by atoms with Crippen LogP contribution in [0, 0.1) is 12.8 Å². The molecule has 0 saturated heterocycles. The summed E-state index contributed by atoms with van der Waals surface area (Å²) >= 11 is 5.81. The number of carbonyl (C=O) groups excluding carboxylic acids is 1. The summed E-state index contributed by atoms with van der Waals surface area (Å²) in [6, 6.07) is 0. The van der Waals surface area contributed by atoms with Crippen molar-refractivity contribution in [3.8, 4) is 0 Å². The van der Waals surface area contributed by atoms with Crippen molar-refractivity contribution < 1.29 is 14.4 Å². The number of rotatable bonds is 7. The number of halogens is 1. The average molecular weight is 289 g/mol. The van der Waals surface area contributed by atoms with Crippen molar-refractivity contribution in [3.05, 3.63) is 16.5 Å². The molecule has 0 aromatic carbocycles. The molecule has 0 spiro atoms. The summed E-state index contributed by atoms with van der Waals surface area (Å²) < 4.78 is 4.81. The van der Waals surface area contributed by atoms with Crippen LogP contribution in [-0.2, 0) is 11.2 Å². The van der Waals surface area contributed by atoms with Gasteiger partial charge >= 0.3 is 0 Å². The lowest BCUT2D eigenvalue weighted by Gasteiger charge is -2.13. The van der Waals surface area contributed by atoms with Crippen LogP contribution in [0.15, 0.2) is 4.52 Å². The number of hydrogen-bond donors (Lipinski definition) is 2. The van der Waals surface area contributed by atoms with E-state index in [-0.39, 0.29) is 17.7 Å². The zero-order chi connectivity index (χ0) is 14.4. The molecule has 1 heterocycles. The van der Waals surface area contributed by atoms with E-state index in [0.717, 1.165) is 5.56 Å². The molecule has 6 heteroatoms. The first-order valence-corrected chi connectivity index (χ1v) is 6.83. The standard InChI is InChI=1S/C13H21ClN2O3/c1-8(2)6-10(17)7-15-12(18)5-4-11-9(3)16-19-13(11)14/h8,10,17H,4-7H2,1-3H3,(H,15,18). The molecule has 0 saturated carbocycles. The van der Waals surface area contributed by atoms with Gasteiger partial charge in [0.25, 0.3) is 0 Å². The molecule has 2 N–H and O–H groups in total. The highest BCUT2D eigenvalue weighted by Gasteiger charge is 2.13. The van der Waals surface area contributed by atoms with E-state index in [1.165, 1.54) is 0 Å². The summed E-state index contributed by atoms with van der Waals surface area (Å²) in [5.41, 5.74) is 1.47. The van der Waals surface area contributed by atoms with Gasteiger partial charge in [0.2, 0.25) is 11.1 Å². The zero-order valence-electron chi connectivity index (χ0n) is 11.6. The third-order valence-corrected chi connectivity index (χ3v) is 3.11. The molecule has 0 aliphatic rings. The van der Waals surface area contributed by atoms with Crippen molar-refractivity contribution in [2.45, 2.75) is 46.1 Å². The Balaban J connectivity index is 2.29. The predicted molar refractivity (Wildman–Crippen MR) is 73.0 cm³/mol. The summed E-state index contributed by atoms with van der Waals surface area (Å²) in [6.07, 6.45) is 0.970. The summed E-state index contributed by atoms with van der Waals surface area (Å²) in [5, 5.41) is 16.3. The minimum atomic E-state index is -0.495. The molecule has 1 atom stereocenters. The van der Waals surface area contributed by atoms with Crippen LogP contribution in [0.25, 0.3) is 0 Å². The molecule has 1 aromatic rings. The molecule has 0 fully saturated rings. The van der Waals surface area contributed by atoms with E-state index in [9.17, 15) is 9.90 Å². The van der Waals surface area contributed by atoms with Gasteiger partial charge in [-0.15, -0.1) is 0 Å². The average Bonchev–Trinajstić information content (AvgIpc) is 2.63. The van der Waals surface area contributed by atoms with Crippen molar-refractivity contribution in [1.29, 1.82) is 0 Å². The first kappa shape index (κ1) is 16.0. The SMILES string of the molecule is Cc1noc(Cl)c1CCC(=O)NCC(O)CC(C)C. The van der Waals surface area contributed by atoms with Crippen molar-refractivity contribution in [2.24, 2.45) is 5.92 Å². The molecule has 0 bridgehead atoms. The van der Waals surface area contributed by atoms with Crippen LogP contribution in [0.1, 0.15) is 37.9 Å². The predicted octanol–water partition coefficient (Wildman–Crippen LogP) is 2.09. The maximum atomic E-state index is 11.6. The van der Waals surface area contributed by atoms with Gasteiger partial charge in [0.15, 0.2) is 0 Å². The molecule has 1 unspecified atom stereocenters. The Hall–Kier alpha value is -1.07. The molecule has 1 aromatic heterocycles. The van der Waals surface area contributed by atoms with E-state index >= 15 is 0 Å². The second kappa shape index (κ2) is 7.50. The number of nitrogens with one attached hydrogen (secondary N) is 1. The quantitative estimate of drug-likeness (QED) is 0.805. The van der Waals surface area contributed by atoms with E-state index in [0.29, 0.717) is 30.9 Å². The third-order valence-electron chi connectivity index (χ3n) is 2.82. The van der Waals surface area contributed by atoms with Gasteiger partial charge in [-0.05, 0) is 37.3 Å². The summed E-state index contributed by atoms with van der Waals surface area (Å²) in [7, 11) is 0. The molecule has 5 nitrogen and oxygen atoms in total. The van der Waals surface area contributed by atoms with Crippen LogP contribution in [0.5, 0.6) is 0 Å². The number of aryl methyl sites for hydroxylation is 1. The summed E-state index contributed by atoms with van der Waals surface area (Å²) in [4.78, 5) is 11.6. The Bertz CT molecular complexity index is 399. The Morgan fingerprint density at radius 2 is 2.21 bits per heavy atom. The van der Waals surface area contributed by atoms with Crippen molar-refractivity contribution in [3.63, 3.8) is 0 Å². The Labute approximate surface area is 118 Å². The van der Waals surface area contributed by atoms with Crippen LogP contribution >= 0.6 is 11.6 Å². The van der Waals surface area contributed by atoms with Gasteiger partial charge in [0.05, 0.1) is 11.8 Å². The van der Waals surface area contributed by atoms with E-state index in [2.05, 4.69) is 10.5 Å². The fourth-order valence-corrected chi connectivity index (χ4v) is 2.09. The molecule has 19 heavy (non-hydrogen) atoms. The first-order valence-electron chi connectivity index (χ1n) is 6.45. The minimum absolute atomic E-state index is 0.112. The number of hydrogen-bond acceptors (Lipinski definition) is 4. The van der Waals surface area contributed by atoms with Crippen molar-refractivity contribution in [1.82, 2.24) is 10.5 Å². The number of amides is 1. The Kier molecular flexibility index (Phi) is 6.31. The number of aromatic nitrogens is 1. The lowest BCUT2D eigenvalue weighted by molar-refractivity contribution is -0.121. The number of nitrogens with zero attached hydrogens (tertiary/aromatic N) is 1. The fourth-order valence-electron chi connectivity index (χ4n) is 1.83. The lowest BCUT2D eigenvalue weighted by Crippen LogP contribution is -2.32. The molecule has 0 aliphatic carbocycles. The van der Waals surface area contributed by atoms with Gasteiger partial charge in [-0.25, -0.2) is 0 Å². The highest BCUT2D eigenvalue weighted by molar-refractivity contribution is 6.29. The topological polar surface area (TPSA) is 75.4 Å².